The van der Waals surface area contributed by atoms with Crippen LogP contribution in [0.15, 0.2) is 54.7 Å². The number of methoxy groups -OCH3 is 1. The fraction of sp³-hybridized carbons (Fsp3) is 0.370. The molecule has 0 amide bonds. The monoisotopic (exact) mass is 491 g/mol. The van der Waals surface area contributed by atoms with Gasteiger partial charge in [0.1, 0.15) is 0 Å². The number of ether oxygens (including phenoxy) is 1. The predicted molar refractivity (Wildman–Crippen MR) is 142 cm³/mol. The van der Waals surface area contributed by atoms with Gasteiger partial charge >= 0.3 is 5.97 Å². The van der Waals surface area contributed by atoms with Gasteiger partial charge in [-0.25, -0.2) is 4.79 Å². The summed E-state index contributed by atoms with van der Waals surface area (Å²) in [4.78, 5) is 21.3. The summed E-state index contributed by atoms with van der Waals surface area (Å²) in [7, 11) is 5.58. The standard InChI is InChI=1S/C27H33N5O2S/c1-18-16-22(19(2)32(18)21-11-8-10-20(17-21)26(33)34-5)25-24(23-12-6-7-13-28-23)29-27(35)31(25)15-9-14-30(3)4/h6-8,10-13,16-17,24-25H,9,14-15H2,1-5H3,(H,29,35)/t24-,25+/m1/s1. The topological polar surface area (TPSA) is 62.6 Å². The average molecular weight is 492 g/mol. The highest BCUT2D eigenvalue weighted by Gasteiger charge is 2.41. The third-order valence-electron chi connectivity index (χ3n) is 6.52. The van der Waals surface area contributed by atoms with Crippen molar-refractivity contribution in [3.8, 4) is 5.69 Å². The smallest absolute Gasteiger partial charge is 0.337 e. The highest BCUT2D eigenvalue weighted by molar-refractivity contribution is 7.80. The first-order chi connectivity index (χ1) is 16.8. The zero-order valence-corrected chi connectivity index (χ0v) is 21.8. The molecule has 184 valence electrons. The van der Waals surface area contributed by atoms with Crippen molar-refractivity contribution in [1.82, 2.24) is 24.7 Å². The molecular weight excluding hydrogens is 458 g/mol. The van der Waals surface area contributed by atoms with Crippen molar-refractivity contribution in [2.24, 2.45) is 0 Å². The van der Waals surface area contributed by atoms with Crippen LogP contribution in [0.3, 0.4) is 0 Å². The van der Waals surface area contributed by atoms with Gasteiger partial charge in [0, 0.05) is 29.8 Å². The van der Waals surface area contributed by atoms with E-state index in [1.165, 1.54) is 12.7 Å². The Labute approximate surface area is 212 Å². The second-order valence-electron chi connectivity index (χ2n) is 9.18. The van der Waals surface area contributed by atoms with Crippen LogP contribution in [0, 0.1) is 13.8 Å². The first kappa shape index (κ1) is 24.9. The number of hydrogen-bond acceptors (Lipinski definition) is 5. The molecule has 1 fully saturated rings. The molecule has 0 radical (unpaired) electrons. The first-order valence-corrected chi connectivity index (χ1v) is 12.2. The van der Waals surface area contributed by atoms with E-state index < -0.39 is 0 Å². The number of carbonyl (C=O) groups excluding carboxylic acids is 1. The molecule has 3 heterocycles. The summed E-state index contributed by atoms with van der Waals surface area (Å²) >= 11 is 5.82. The van der Waals surface area contributed by atoms with Crippen molar-refractivity contribution in [2.45, 2.75) is 32.4 Å². The summed E-state index contributed by atoms with van der Waals surface area (Å²) in [6, 6.07) is 15.7. The molecule has 0 unspecified atom stereocenters. The number of thiocarbonyl (C=S) groups is 1. The molecule has 35 heavy (non-hydrogen) atoms. The minimum Gasteiger partial charge on any atom is -0.465 e. The minimum atomic E-state index is -0.345. The Kier molecular flexibility index (Phi) is 7.52. The van der Waals surface area contributed by atoms with Crippen LogP contribution < -0.4 is 5.32 Å². The van der Waals surface area contributed by atoms with Gasteiger partial charge in [0.15, 0.2) is 5.11 Å². The molecule has 2 atom stereocenters. The Morgan fingerprint density at radius 2 is 1.97 bits per heavy atom. The minimum absolute atomic E-state index is 0.00306. The van der Waals surface area contributed by atoms with Crippen molar-refractivity contribution in [3.63, 3.8) is 0 Å². The maximum atomic E-state index is 12.1. The van der Waals surface area contributed by atoms with E-state index >= 15 is 0 Å². The third kappa shape index (κ3) is 5.09. The van der Waals surface area contributed by atoms with Gasteiger partial charge in [-0.2, -0.15) is 0 Å². The van der Waals surface area contributed by atoms with Crippen LogP contribution in [0.2, 0.25) is 0 Å². The quantitative estimate of drug-likeness (QED) is 0.374. The summed E-state index contributed by atoms with van der Waals surface area (Å²) in [5.41, 5.74) is 5.81. The molecule has 1 saturated heterocycles. The fourth-order valence-corrected chi connectivity index (χ4v) is 5.25. The van der Waals surface area contributed by atoms with Gasteiger partial charge in [0.2, 0.25) is 0 Å². The van der Waals surface area contributed by atoms with Gasteiger partial charge in [-0.05, 0) is 95.1 Å². The number of aryl methyl sites for hydroxylation is 1. The van der Waals surface area contributed by atoms with Gasteiger partial charge in [0.25, 0.3) is 0 Å². The van der Waals surface area contributed by atoms with Crippen molar-refractivity contribution in [3.05, 3.63) is 82.9 Å². The Hall–Kier alpha value is -3.23. The lowest BCUT2D eigenvalue weighted by atomic mass is 9.96. The second kappa shape index (κ2) is 10.6. The maximum Gasteiger partial charge on any atom is 0.337 e. The molecule has 1 aliphatic rings. The Balaban J connectivity index is 1.77. The van der Waals surface area contributed by atoms with E-state index in [0.29, 0.717) is 5.56 Å². The van der Waals surface area contributed by atoms with E-state index in [1.54, 1.807) is 6.07 Å². The zero-order chi connectivity index (χ0) is 25.1. The molecular formula is C27H33N5O2S. The Morgan fingerprint density at radius 1 is 1.17 bits per heavy atom. The number of rotatable bonds is 8. The fourth-order valence-electron chi connectivity index (χ4n) is 4.92. The molecule has 1 aliphatic heterocycles. The molecule has 0 aliphatic carbocycles. The van der Waals surface area contributed by atoms with Crippen LogP contribution in [0.1, 0.15) is 51.5 Å². The molecule has 4 rings (SSSR count). The summed E-state index contributed by atoms with van der Waals surface area (Å²) < 4.78 is 7.12. The van der Waals surface area contributed by atoms with E-state index in [2.05, 4.69) is 64.7 Å². The summed E-state index contributed by atoms with van der Waals surface area (Å²) in [5, 5.41) is 4.30. The molecule has 8 heteroatoms. The molecule has 1 aromatic carbocycles. The first-order valence-electron chi connectivity index (χ1n) is 11.8. The van der Waals surface area contributed by atoms with E-state index in [1.807, 2.05) is 36.5 Å². The highest BCUT2D eigenvalue weighted by Crippen LogP contribution is 2.41. The Bertz CT molecular complexity index is 1210. The van der Waals surface area contributed by atoms with Gasteiger partial charge in [0.05, 0.1) is 30.5 Å². The number of carbonyl (C=O) groups is 1. The van der Waals surface area contributed by atoms with Gasteiger partial charge in [-0.1, -0.05) is 12.1 Å². The Morgan fingerprint density at radius 3 is 2.66 bits per heavy atom. The average Bonchev–Trinajstić information content (AvgIpc) is 3.33. The second-order valence-corrected chi connectivity index (χ2v) is 9.57. The lowest BCUT2D eigenvalue weighted by Crippen LogP contribution is -2.32. The van der Waals surface area contributed by atoms with Crippen LogP contribution in [-0.2, 0) is 4.74 Å². The van der Waals surface area contributed by atoms with Crippen molar-refractivity contribution in [2.75, 3.05) is 34.3 Å². The van der Waals surface area contributed by atoms with E-state index in [0.717, 1.165) is 47.4 Å². The lowest BCUT2D eigenvalue weighted by molar-refractivity contribution is 0.0600. The number of benzene rings is 1. The number of pyridine rings is 1. The van der Waals surface area contributed by atoms with Crippen molar-refractivity contribution < 1.29 is 9.53 Å². The molecule has 1 N–H and O–H groups in total. The largest absolute Gasteiger partial charge is 0.465 e. The maximum absolute atomic E-state index is 12.1. The van der Waals surface area contributed by atoms with Gasteiger partial charge < -0.3 is 24.4 Å². The molecule has 7 nitrogen and oxygen atoms in total. The lowest BCUT2D eigenvalue weighted by Gasteiger charge is -2.28. The van der Waals surface area contributed by atoms with Crippen LogP contribution in [0.25, 0.3) is 5.69 Å². The summed E-state index contributed by atoms with van der Waals surface area (Å²) in [6.45, 7) is 6.05. The molecule has 0 saturated carbocycles. The number of nitrogens with one attached hydrogen (secondary N) is 1. The summed E-state index contributed by atoms with van der Waals surface area (Å²) in [6.07, 6.45) is 2.83. The van der Waals surface area contributed by atoms with Crippen LogP contribution >= 0.6 is 12.2 Å². The van der Waals surface area contributed by atoms with Crippen LogP contribution in [0.5, 0.6) is 0 Å². The van der Waals surface area contributed by atoms with E-state index in [-0.39, 0.29) is 18.1 Å². The number of hydrogen-bond donors (Lipinski definition) is 1. The zero-order valence-electron chi connectivity index (χ0n) is 21.0. The van der Waals surface area contributed by atoms with Crippen molar-refractivity contribution in [1.29, 1.82) is 0 Å². The normalized spacial score (nSPS) is 17.7. The summed E-state index contributed by atoms with van der Waals surface area (Å²) in [5.74, 6) is -0.345. The number of esters is 1. The molecule has 0 spiro atoms. The highest BCUT2D eigenvalue weighted by atomic mass is 32.1. The molecule has 0 bridgehead atoms. The van der Waals surface area contributed by atoms with Crippen molar-refractivity contribution >= 4 is 23.3 Å². The SMILES string of the molecule is COC(=O)c1cccc(-n2c(C)cc([C@H]3[C@@H](c4ccccn4)NC(=S)N3CCCN(C)C)c2C)c1. The molecule has 2 aromatic heterocycles. The number of aromatic nitrogens is 2. The third-order valence-corrected chi connectivity index (χ3v) is 6.87. The predicted octanol–water partition coefficient (Wildman–Crippen LogP) is 4.20. The van der Waals surface area contributed by atoms with E-state index in [9.17, 15) is 4.79 Å². The van der Waals surface area contributed by atoms with Gasteiger partial charge in [-0.15, -0.1) is 0 Å². The van der Waals surface area contributed by atoms with Gasteiger partial charge in [-0.3, -0.25) is 4.98 Å². The van der Waals surface area contributed by atoms with Crippen LogP contribution in [-0.4, -0.2) is 64.7 Å². The molecule has 3 aromatic rings. The van der Waals surface area contributed by atoms with E-state index in [4.69, 9.17) is 17.0 Å². The number of nitrogens with zero attached hydrogens (tertiary/aromatic N) is 4. The van der Waals surface area contributed by atoms with Crippen LogP contribution in [0.4, 0.5) is 0 Å².